The Hall–Kier alpha value is -9.12. The third-order valence-electron chi connectivity index (χ3n) is 16.2. The number of aromatic nitrogens is 1. The van der Waals surface area contributed by atoms with Gasteiger partial charge < -0.3 is 14.4 Å². The summed E-state index contributed by atoms with van der Waals surface area (Å²) in [5.41, 5.74) is 22.6. The smallest absolute Gasteiger partial charge is 0.252 e. The Morgan fingerprint density at radius 2 is 0.910 bits per heavy atom. The lowest BCUT2D eigenvalue weighted by Crippen LogP contribution is -2.61. The van der Waals surface area contributed by atoms with E-state index in [9.17, 15) is 4.11 Å². The van der Waals surface area contributed by atoms with Crippen molar-refractivity contribution in [2.45, 2.75) is 52.4 Å². The maximum atomic E-state index is 9.77. The quantitative estimate of drug-likeness (QED) is 0.147. The predicted octanol–water partition coefficient (Wildman–Crippen LogP) is 18.1. The molecule has 12 aromatic rings. The zero-order valence-electron chi connectivity index (χ0n) is 48.9. The molecule has 0 spiro atoms. The highest BCUT2D eigenvalue weighted by Gasteiger charge is 2.46. The lowest BCUT2D eigenvalue weighted by Gasteiger charge is -2.46. The van der Waals surface area contributed by atoms with Crippen molar-refractivity contribution >= 4 is 79.0 Å². The molecule has 14 rings (SSSR count). The summed E-state index contributed by atoms with van der Waals surface area (Å²) in [5.74, 6) is 0. The molecule has 0 saturated heterocycles. The van der Waals surface area contributed by atoms with E-state index in [0.29, 0.717) is 10.9 Å². The van der Waals surface area contributed by atoms with E-state index in [-0.39, 0.29) is 41.7 Å². The minimum absolute atomic E-state index is 0.0593. The fraction of sp³-hybridized carbons (Fsp3) is 0.108. The third kappa shape index (κ3) is 7.64. The molecule has 0 radical (unpaired) electrons. The summed E-state index contributed by atoms with van der Waals surface area (Å²) in [6, 6.07) is 82.6. The van der Waals surface area contributed by atoms with Crippen LogP contribution in [0.5, 0.6) is 0 Å². The fourth-order valence-corrected chi connectivity index (χ4v) is 12.6. The average molecular weight is 1010 g/mol. The molecule has 2 aliphatic heterocycles. The van der Waals surface area contributed by atoms with E-state index >= 15 is 0 Å². The minimum atomic E-state index is -0.274. The van der Waals surface area contributed by atoms with Crippen molar-refractivity contribution in [2.75, 3.05) is 9.80 Å². The van der Waals surface area contributed by atoms with Crippen LogP contribution in [0.4, 0.5) is 34.1 Å². The van der Waals surface area contributed by atoms with Gasteiger partial charge in [0.2, 0.25) is 0 Å². The molecule has 0 atom stereocenters. The molecule has 4 heteroatoms. The number of rotatable bonds is 7. The summed E-state index contributed by atoms with van der Waals surface area (Å²) in [7, 11) is 0. The highest BCUT2D eigenvalue weighted by atomic mass is 15.2. The lowest BCUT2D eigenvalue weighted by molar-refractivity contribution is 0.591. The van der Waals surface area contributed by atoms with E-state index in [1.165, 1.54) is 27.6 Å². The van der Waals surface area contributed by atoms with Gasteiger partial charge in [-0.05, 0) is 109 Å². The Bertz CT molecular complexity index is 4480. The summed E-state index contributed by atoms with van der Waals surface area (Å²) in [6.07, 6.45) is 0. The van der Waals surface area contributed by atoms with Gasteiger partial charge in [-0.15, -0.1) is 0 Å². The van der Waals surface area contributed by atoms with Gasteiger partial charge >= 0.3 is 0 Å². The van der Waals surface area contributed by atoms with Crippen LogP contribution in [-0.2, 0) is 10.8 Å². The van der Waals surface area contributed by atoms with Gasteiger partial charge in [0.25, 0.3) is 6.71 Å². The largest absolute Gasteiger partial charge is 0.311 e. The number of nitrogens with zero attached hydrogens (tertiary/aromatic N) is 3. The van der Waals surface area contributed by atoms with Crippen LogP contribution in [0, 0.1) is 0 Å². The summed E-state index contributed by atoms with van der Waals surface area (Å²) in [4.78, 5) is 5.01. The van der Waals surface area contributed by atoms with E-state index in [0.717, 1.165) is 95.1 Å². The molecule has 1 aromatic heterocycles. The zero-order chi connectivity index (χ0) is 56.3. The van der Waals surface area contributed by atoms with Gasteiger partial charge in [-0.25, -0.2) is 0 Å². The average Bonchev–Trinajstić information content (AvgIpc) is 1.04. The van der Waals surface area contributed by atoms with Crippen molar-refractivity contribution in [1.29, 1.82) is 0 Å². The van der Waals surface area contributed by atoms with Crippen LogP contribution in [0.25, 0.3) is 72.0 Å². The SMILES string of the molecule is [2H]c1c([2H])c([2H])c2c(c1[2H])c1ccccc1n2-c1cc2c3c(c1)N(c1c(-c4ccccc4)cccc1-c1ccccc1)c1ccc(C(C)(C)C)cc1B3c1cc(-c3ccccc3C(C)(C)C)ccc1N2c1ccccc1-c1ccccc1. The second-order valence-electron chi connectivity index (χ2n) is 23.0. The van der Waals surface area contributed by atoms with Crippen molar-refractivity contribution in [3.63, 3.8) is 0 Å². The number of hydrogen-bond acceptors (Lipinski definition) is 2. The van der Waals surface area contributed by atoms with Gasteiger partial charge in [0.15, 0.2) is 0 Å². The van der Waals surface area contributed by atoms with E-state index in [2.05, 4.69) is 262 Å². The molecule has 374 valence electrons. The van der Waals surface area contributed by atoms with Gasteiger partial charge in [0, 0.05) is 50.2 Å². The maximum absolute atomic E-state index is 9.77. The van der Waals surface area contributed by atoms with Crippen LogP contribution in [0.2, 0.25) is 0 Å². The van der Waals surface area contributed by atoms with Crippen molar-refractivity contribution in [3.8, 4) is 50.2 Å². The van der Waals surface area contributed by atoms with Crippen molar-refractivity contribution in [1.82, 2.24) is 4.57 Å². The second-order valence-corrected chi connectivity index (χ2v) is 23.0. The van der Waals surface area contributed by atoms with Crippen LogP contribution in [0.1, 0.15) is 58.2 Å². The molecule has 3 nitrogen and oxygen atoms in total. The molecule has 0 bridgehead atoms. The number of hydrogen-bond donors (Lipinski definition) is 0. The molecule has 2 aliphatic rings. The van der Waals surface area contributed by atoms with Gasteiger partial charge in [-0.3, -0.25) is 0 Å². The molecule has 3 heterocycles. The number of benzene rings is 11. The van der Waals surface area contributed by atoms with Crippen LogP contribution < -0.4 is 26.2 Å². The van der Waals surface area contributed by atoms with Crippen molar-refractivity contribution in [2.24, 2.45) is 0 Å². The molecular formula is C74H60BN3. The van der Waals surface area contributed by atoms with Gasteiger partial charge in [0.1, 0.15) is 0 Å². The molecular weight excluding hydrogens is 942 g/mol. The van der Waals surface area contributed by atoms with E-state index in [4.69, 9.17) is 1.37 Å². The summed E-state index contributed by atoms with van der Waals surface area (Å²) in [5, 5.41) is 1.24. The molecule has 78 heavy (non-hydrogen) atoms. The normalized spacial score (nSPS) is 13.6. The number of anilines is 6. The Kier molecular flexibility index (Phi) is 10.1. The van der Waals surface area contributed by atoms with E-state index in [1.807, 2.05) is 24.3 Å². The van der Waals surface area contributed by atoms with Crippen molar-refractivity contribution in [3.05, 3.63) is 266 Å². The molecule has 0 N–H and O–H groups in total. The lowest BCUT2D eigenvalue weighted by atomic mass is 9.33. The first-order valence-corrected chi connectivity index (χ1v) is 27.2. The Morgan fingerprint density at radius 3 is 1.59 bits per heavy atom. The van der Waals surface area contributed by atoms with Gasteiger partial charge in [-0.2, -0.15) is 0 Å². The first kappa shape index (κ1) is 43.0. The van der Waals surface area contributed by atoms with Crippen LogP contribution >= 0.6 is 0 Å². The summed E-state index contributed by atoms with van der Waals surface area (Å²) in [6.45, 7) is 13.5. The fourth-order valence-electron chi connectivity index (χ4n) is 12.6. The number of fused-ring (bicyclic) bond motifs is 7. The highest BCUT2D eigenvalue weighted by Crippen LogP contribution is 2.52. The first-order valence-electron chi connectivity index (χ1n) is 29.2. The summed E-state index contributed by atoms with van der Waals surface area (Å²) >= 11 is 0. The topological polar surface area (TPSA) is 11.4 Å². The third-order valence-corrected chi connectivity index (χ3v) is 16.2. The van der Waals surface area contributed by atoms with Gasteiger partial charge in [0.05, 0.1) is 33.6 Å². The Labute approximate surface area is 465 Å². The zero-order valence-corrected chi connectivity index (χ0v) is 44.9. The van der Waals surface area contributed by atoms with E-state index in [1.54, 1.807) is 0 Å². The van der Waals surface area contributed by atoms with Gasteiger partial charge in [-0.1, -0.05) is 254 Å². The Balaban J connectivity index is 1.20. The standard InChI is InChI=1S/C74H60BN3/c1-73(2,3)53-42-44-68-63(46-53)75-62-45-52(55-31-16-20-37-61(55)74(4,5)6)41-43-67(62)77(64-38-21-17-32-56(64)49-25-10-7-11-26-49)69-47-54(76-65-39-22-18-33-59(65)60-34-19-23-40-66(60)76)48-70(71(69)75)78(68)72-57(50-27-12-8-13-28-50)35-24-36-58(72)51-29-14-9-15-30-51/h7-48H,1-6H3/i18D,22D,33D,39D. The first-order chi connectivity index (χ1) is 39.7. The maximum Gasteiger partial charge on any atom is 0.252 e. The predicted molar refractivity (Wildman–Crippen MR) is 334 cm³/mol. The molecule has 0 fully saturated rings. The molecule has 0 amide bonds. The second kappa shape index (κ2) is 18.3. The van der Waals surface area contributed by atoms with Crippen molar-refractivity contribution < 1.29 is 5.48 Å². The summed E-state index contributed by atoms with van der Waals surface area (Å²) < 4.78 is 39.5. The van der Waals surface area contributed by atoms with E-state index < -0.39 is 0 Å². The van der Waals surface area contributed by atoms with Crippen LogP contribution in [0.15, 0.2) is 255 Å². The molecule has 0 unspecified atom stereocenters. The molecule has 0 aliphatic carbocycles. The Morgan fingerprint density at radius 1 is 0.372 bits per heavy atom. The monoisotopic (exact) mass is 1010 g/mol. The number of para-hydroxylation sites is 4. The van der Waals surface area contributed by atoms with Crippen LogP contribution in [-0.4, -0.2) is 11.3 Å². The minimum Gasteiger partial charge on any atom is -0.311 e. The molecule has 0 saturated carbocycles. The van der Waals surface area contributed by atoms with Crippen LogP contribution in [0.3, 0.4) is 0 Å². The molecule has 11 aromatic carbocycles. The highest BCUT2D eigenvalue weighted by molar-refractivity contribution is 7.00.